The Kier molecular flexibility index (Phi) is 4.84. The molecule has 1 heterocycles. The molecule has 1 N–H and O–H groups in total. The summed E-state index contributed by atoms with van der Waals surface area (Å²) >= 11 is 0. The van der Waals surface area contributed by atoms with Crippen molar-refractivity contribution in [3.63, 3.8) is 0 Å². The first-order valence-electron chi connectivity index (χ1n) is 8.84. The Bertz CT molecular complexity index is 862. The van der Waals surface area contributed by atoms with Crippen molar-refractivity contribution in [2.45, 2.75) is 58.0 Å². The zero-order valence-corrected chi connectivity index (χ0v) is 15.7. The summed E-state index contributed by atoms with van der Waals surface area (Å²) in [6.45, 7) is 7.04. The molecule has 146 valence electrons. The van der Waals surface area contributed by atoms with E-state index < -0.39 is 23.7 Å². The van der Waals surface area contributed by atoms with E-state index in [0.29, 0.717) is 11.1 Å². The van der Waals surface area contributed by atoms with E-state index in [0.717, 1.165) is 10.4 Å². The molecule has 0 bridgehead atoms. The first kappa shape index (κ1) is 19.5. The molecule has 27 heavy (non-hydrogen) atoms. The van der Waals surface area contributed by atoms with E-state index in [4.69, 9.17) is 4.74 Å². The molecule has 0 spiro atoms. The number of amides is 1. The lowest BCUT2D eigenvalue weighted by atomic mass is 9.95. The maximum absolute atomic E-state index is 14.0. The molecule has 7 heteroatoms. The van der Waals surface area contributed by atoms with Crippen LogP contribution in [0.25, 0.3) is 10.8 Å². The maximum Gasteiger partial charge on any atom is 0.409 e. The zero-order valence-electron chi connectivity index (χ0n) is 15.7. The summed E-state index contributed by atoms with van der Waals surface area (Å²) in [5, 5.41) is 2.43. The van der Waals surface area contributed by atoms with Crippen LogP contribution >= 0.6 is 0 Å². The Morgan fingerprint density at radius 2 is 1.89 bits per heavy atom. The van der Waals surface area contributed by atoms with Gasteiger partial charge in [-0.05, 0) is 50.8 Å². The number of carbonyl (C=O) groups excluding carboxylic acids is 1. The van der Waals surface area contributed by atoms with Crippen LogP contribution < -0.4 is 10.2 Å². The first-order valence-corrected chi connectivity index (χ1v) is 8.84. The van der Waals surface area contributed by atoms with Crippen molar-refractivity contribution in [1.82, 2.24) is 10.4 Å². The fraction of sp³-hybridized carbons (Fsp3) is 0.450. The van der Waals surface area contributed by atoms with Gasteiger partial charge in [-0.15, -0.1) is 0 Å². The number of nitrogens with one attached hydrogen (secondary N) is 1. The molecule has 1 aliphatic rings. The number of carbonyl (C=O) groups is 1. The molecule has 0 unspecified atom stereocenters. The predicted molar refractivity (Wildman–Crippen MR) is 97.2 cm³/mol. The second-order valence-corrected chi connectivity index (χ2v) is 7.74. The summed E-state index contributed by atoms with van der Waals surface area (Å²) in [5.41, 5.74) is 1.51. The van der Waals surface area contributed by atoms with Crippen molar-refractivity contribution < 1.29 is 22.7 Å². The van der Waals surface area contributed by atoms with Crippen LogP contribution in [-0.4, -0.2) is 28.7 Å². The Labute approximate surface area is 156 Å². The Hall–Kier alpha value is -2.28. The van der Waals surface area contributed by atoms with Crippen LogP contribution in [-0.2, 0) is 4.79 Å². The Balaban J connectivity index is 2.08. The van der Waals surface area contributed by atoms with Crippen LogP contribution in [0.15, 0.2) is 36.4 Å². The monoisotopic (exact) mass is 380 g/mol. The van der Waals surface area contributed by atoms with E-state index in [1.54, 1.807) is 38.1 Å². The zero-order chi connectivity index (χ0) is 20.0. The molecule has 1 saturated heterocycles. The molecule has 0 radical (unpaired) electrons. The highest BCUT2D eigenvalue weighted by Gasteiger charge is 2.52. The third-order valence-electron chi connectivity index (χ3n) is 4.60. The van der Waals surface area contributed by atoms with Gasteiger partial charge in [-0.3, -0.25) is 10.2 Å². The molecule has 1 fully saturated rings. The Morgan fingerprint density at radius 3 is 2.44 bits per heavy atom. The van der Waals surface area contributed by atoms with Gasteiger partial charge in [0.2, 0.25) is 5.91 Å². The SMILES string of the molecule is CC(C)Oc1cccc2cc([C@H](N3NC(=O)CC3(C)C)C(F)(F)F)ccc12. The molecule has 0 saturated carbocycles. The molecule has 0 aliphatic carbocycles. The predicted octanol–water partition coefficient (Wildman–Crippen LogP) is 4.75. The molecule has 2 aromatic rings. The average Bonchev–Trinajstić information content (AvgIpc) is 2.78. The van der Waals surface area contributed by atoms with E-state index >= 15 is 0 Å². The van der Waals surface area contributed by atoms with E-state index in [1.807, 2.05) is 13.8 Å². The fourth-order valence-electron chi connectivity index (χ4n) is 3.50. The van der Waals surface area contributed by atoms with Crippen molar-refractivity contribution in [3.05, 3.63) is 42.0 Å². The van der Waals surface area contributed by atoms with Gasteiger partial charge in [-0.25, -0.2) is 0 Å². The molecule has 1 amide bonds. The summed E-state index contributed by atoms with van der Waals surface area (Å²) in [5.74, 6) is 0.218. The van der Waals surface area contributed by atoms with E-state index in [1.165, 1.54) is 12.1 Å². The summed E-state index contributed by atoms with van der Waals surface area (Å²) in [7, 11) is 0. The maximum atomic E-state index is 14.0. The van der Waals surface area contributed by atoms with Crippen LogP contribution in [0.4, 0.5) is 13.2 Å². The quantitative estimate of drug-likeness (QED) is 0.833. The highest BCUT2D eigenvalue weighted by Crippen LogP contribution is 2.43. The molecular formula is C20H23F3N2O2. The van der Waals surface area contributed by atoms with Gasteiger partial charge in [-0.2, -0.15) is 18.2 Å². The third-order valence-corrected chi connectivity index (χ3v) is 4.60. The lowest BCUT2D eigenvalue weighted by Gasteiger charge is -2.38. The van der Waals surface area contributed by atoms with Gasteiger partial charge in [0, 0.05) is 17.3 Å². The normalized spacial score (nSPS) is 18.7. The minimum atomic E-state index is -4.55. The van der Waals surface area contributed by atoms with Crippen molar-refractivity contribution in [3.8, 4) is 5.75 Å². The second kappa shape index (κ2) is 6.71. The third kappa shape index (κ3) is 3.88. The summed E-state index contributed by atoms with van der Waals surface area (Å²) in [4.78, 5) is 11.8. The number of benzene rings is 2. The van der Waals surface area contributed by atoms with Gasteiger partial charge in [0.1, 0.15) is 5.75 Å². The Morgan fingerprint density at radius 1 is 1.19 bits per heavy atom. The molecular weight excluding hydrogens is 357 g/mol. The number of hydrazine groups is 1. The summed E-state index contributed by atoms with van der Waals surface area (Å²) in [6.07, 6.45) is -4.58. The van der Waals surface area contributed by atoms with Crippen LogP contribution in [0.1, 0.15) is 45.7 Å². The highest BCUT2D eigenvalue weighted by molar-refractivity contribution is 5.89. The van der Waals surface area contributed by atoms with Crippen LogP contribution in [0, 0.1) is 0 Å². The van der Waals surface area contributed by atoms with Crippen molar-refractivity contribution >= 4 is 16.7 Å². The number of fused-ring (bicyclic) bond motifs is 1. The topological polar surface area (TPSA) is 41.6 Å². The molecule has 4 nitrogen and oxygen atoms in total. The van der Waals surface area contributed by atoms with Gasteiger partial charge >= 0.3 is 6.18 Å². The van der Waals surface area contributed by atoms with Crippen molar-refractivity contribution in [2.75, 3.05) is 0 Å². The number of rotatable bonds is 4. The molecule has 1 aliphatic heterocycles. The standard InChI is InChI=1S/C20H23F3N2O2/c1-12(2)27-16-7-5-6-13-10-14(8-9-15(13)16)18(20(21,22)23)25-19(3,4)11-17(26)24-25/h5-10,12,18H,11H2,1-4H3,(H,24,26)/t18-/m0/s1. The van der Waals surface area contributed by atoms with Crippen LogP contribution in [0.5, 0.6) is 5.75 Å². The number of hydrogen-bond donors (Lipinski definition) is 1. The number of alkyl halides is 3. The molecule has 3 rings (SSSR count). The first-order chi connectivity index (χ1) is 12.5. The minimum Gasteiger partial charge on any atom is -0.490 e. The van der Waals surface area contributed by atoms with Gasteiger partial charge < -0.3 is 4.74 Å². The smallest absolute Gasteiger partial charge is 0.409 e. The number of ether oxygens (including phenoxy) is 1. The van der Waals surface area contributed by atoms with Crippen LogP contribution in [0.2, 0.25) is 0 Å². The molecule has 1 atom stereocenters. The van der Waals surface area contributed by atoms with Gasteiger partial charge in [0.05, 0.1) is 6.10 Å². The number of halogens is 3. The summed E-state index contributed by atoms with van der Waals surface area (Å²) < 4.78 is 47.6. The van der Waals surface area contributed by atoms with Crippen molar-refractivity contribution in [2.24, 2.45) is 0 Å². The summed E-state index contributed by atoms with van der Waals surface area (Å²) in [6, 6.07) is 7.99. The fourth-order valence-corrected chi connectivity index (χ4v) is 3.50. The van der Waals surface area contributed by atoms with E-state index in [9.17, 15) is 18.0 Å². The minimum absolute atomic E-state index is 0.0134. The van der Waals surface area contributed by atoms with E-state index in [-0.39, 0.29) is 18.1 Å². The van der Waals surface area contributed by atoms with Crippen molar-refractivity contribution in [1.29, 1.82) is 0 Å². The largest absolute Gasteiger partial charge is 0.490 e. The van der Waals surface area contributed by atoms with Gasteiger partial charge in [-0.1, -0.05) is 24.3 Å². The van der Waals surface area contributed by atoms with E-state index in [2.05, 4.69) is 5.43 Å². The average molecular weight is 380 g/mol. The lowest BCUT2D eigenvalue weighted by Crippen LogP contribution is -2.51. The van der Waals surface area contributed by atoms with Gasteiger partial charge in [0.15, 0.2) is 6.04 Å². The lowest BCUT2D eigenvalue weighted by molar-refractivity contribution is -0.203. The molecule has 0 aromatic heterocycles. The number of hydrogen-bond acceptors (Lipinski definition) is 3. The molecule has 2 aromatic carbocycles. The van der Waals surface area contributed by atoms with Crippen LogP contribution in [0.3, 0.4) is 0 Å². The highest BCUT2D eigenvalue weighted by atomic mass is 19.4. The second-order valence-electron chi connectivity index (χ2n) is 7.74. The van der Waals surface area contributed by atoms with Gasteiger partial charge in [0.25, 0.3) is 0 Å². The number of nitrogens with zero attached hydrogens (tertiary/aromatic N) is 1.